The van der Waals surface area contributed by atoms with Crippen molar-refractivity contribution in [2.45, 2.75) is 70.6 Å². The van der Waals surface area contributed by atoms with E-state index in [0.29, 0.717) is 0 Å². The van der Waals surface area contributed by atoms with Gasteiger partial charge >= 0.3 is 0 Å². The number of nitrogens with zero attached hydrogens (tertiary/aromatic N) is 1. The molecular weight excluding hydrogens is 214 g/mol. The molecule has 3 heteroatoms. The number of hydrogen-bond donors (Lipinski definition) is 1. The minimum Gasteiger partial charge on any atom is -0.391 e. The van der Waals surface area contributed by atoms with Crippen LogP contribution in [0.1, 0.15) is 53.4 Å². The van der Waals surface area contributed by atoms with Crippen molar-refractivity contribution in [3.63, 3.8) is 0 Å². The molecule has 0 aliphatic rings. The first-order chi connectivity index (χ1) is 7.75. The van der Waals surface area contributed by atoms with Crippen LogP contribution in [0.5, 0.6) is 0 Å². The molecule has 0 aromatic heterocycles. The van der Waals surface area contributed by atoms with Gasteiger partial charge in [0, 0.05) is 12.6 Å². The summed E-state index contributed by atoms with van der Waals surface area (Å²) in [5.41, 5.74) is -0.260. The summed E-state index contributed by atoms with van der Waals surface area (Å²) in [4.78, 5) is 2.16. The number of ether oxygens (including phenoxy) is 1. The Bertz CT molecular complexity index is 210. The van der Waals surface area contributed by atoms with Crippen LogP contribution in [0.2, 0.25) is 0 Å². The second-order valence-electron chi connectivity index (χ2n) is 5.72. The van der Waals surface area contributed by atoms with Crippen molar-refractivity contribution in [3.05, 3.63) is 0 Å². The van der Waals surface area contributed by atoms with E-state index in [4.69, 9.17) is 4.74 Å². The van der Waals surface area contributed by atoms with Gasteiger partial charge in [-0.15, -0.1) is 0 Å². The Labute approximate surface area is 107 Å². The van der Waals surface area contributed by atoms with E-state index in [1.54, 1.807) is 7.11 Å². The second-order valence-corrected chi connectivity index (χ2v) is 5.72. The van der Waals surface area contributed by atoms with Gasteiger partial charge in [0.25, 0.3) is 0 Å². The number of rotatable bonds is 8. The normalized spacial score (nSPS) is 15.4. The van der Waals surface area contributed by atoms with Crippen LogP contribution in [-0.4, -0.2) is 48.5 Å². The van der Waals surface area contributed by atoms with Crippen molar-refractivity contribution >= 4 is 0 Å². The number of hydrogen-bond acceptors (Lipinski definition) is 3. The lowest BCUT2D eigenvalue weighted by Crippen LogP contribution is -2.53. The molecule has 17 heavy (non-hydrogen) atoms. The average molecular weight is 245 g/mol. The molecule has 0 amide bonds. The molecule has 0 radical (unpaired) electrons. The fourth-order valence-electron chi connectivity index (χ4n) is 2.51. The van der Waals surface area contributed by atoms with Crippen molar-refractivity contribution in [1.29, 1.82) is 0 Å². The summed E-state index contributed by atoms with van der Waals surface area (Å²) >= 11 is 0. The third-order valence-electron chi connectivity index (χ3n) is 4.31. The van der Waals surface area contributed by atoms with Crippen LogP contribution in [0.3, 0.4) is 0 Å². The predicted octanol–water partition coefficient (Wildman–Crippen LogP) is 2.67. The Kier molecular flexibility index (Phi) is 6.67. The lowest BCUT2D eigenvalue weighted by molar-refractivity contribution is -0.0424. The van der Waals surface area contributed by atoms with E-state index < -0.39 is 0 Å². The lowest BCUT2D eigenvalue weighted by atomic mass is 9.81. The maximum Gasteiger partial charge on any atom is 0.0724 e. The zero-order valence-corrected chi connectivity index (χ0v) is 12.7. The maximum absolute atomic E-state index is 10.5. The molecule has 1 unspecified atom stereocenters. The Hall–Kier alpha value is -0.120. The Morgan fingerprint density at radius 3 is 1.94 bits per heavy atom. The lowest BCUT2D eigenvalue weighted by Gasteiger charge is -2.43. The first-order valence-corrected chi connectivity index (χ1v) is 6.66. The summed E-state index contributed by atoms with van der Waals surface area (Å²) in [6.07, 6.45) is 3.28. The van der Waals surface area contributed by atoms with Gasteiger partial charge in [0.05, 0.1) is 11.7 Å². The van der Waals surface area contributed by atoms with E-state index in [9.17, 15) is 5.11 Å². The fraction of sp³-hybridized carbons (Fsp3) is 1.00. The zero-order valence-electron chi connectivity index (χ0n) is 12.7. The molecule has 0 saturated heterocycles. The van der Waals surface area contributed by atoms with Crippen molar-refractivity contribution in [1.82, 2.24) is 4.90 Å². The fourth-order valence-corrected chi connectivity index (χ4v) is 2.51. The molecule has 1 N–H and O–H groups in total. The SMILES string of the molecule is CCC(CC)(C(O)CCC(C)(C)OC)N(C)C. The summed E-state index contributed by atoms with van der Waals surface area (Å²) in [6, 6.07) is 0. The molecular formula is C14H31NO2. The Morgan fingerprint density at radius 2 is 1.65 bits per heavy atom. The van der Waals surface area contributed by atoms with Gasteiger partial charge in [0.1, 0.15) is 0 Å². The largest absolute Gasteiger partial charge is 0.391 e. The third-order valence-corrected chi connectivity index (χ3v) is 4.31. The highest BCUT2D eigenvalue weighted by atomic mass is 16.5. The number of methoxy groups -OCH3 is 1. The molecule has 1 atom stereocenters. The van der Waals surface area contributed by atoms with Crippen LogP contribution in [0.15, 0.2) is 0 Å². The van der Waals surface area contributed by atoms with Crippen molar-refractivity contribution in [2.24, 2.45) is 0 Å². The number of aliphatic hydroxyl groups is 1. The van der Waals surface area contributed by atoms with E-state index >= 15 is 0 Å². The molecule has 0 aromatic carbocycles. The maximum atomic E-state index is 10.5. The number of likely N-dealkylation sites (N-methyl/N-ethyl adjacent to an activating group) is 1. The molecule has 0 aromatic rings. The summed E-state index contributed by atoms with van der Waals surface area (Å²) < 4.78 is 5.40. The summed E-state index contributed by atoms with van der Waals surface area (Å²) in [7, 11) is 5.83. The molecule has 0 aliphatic heterocycles. The van der Waals surface area contributed by atoms with Gasteiger partial charge in [0.2, 0.25) is 0 Å². The molecule has 0 aliphatic carbocycles. The predicted molar refractivity (Wildman–Crippen MR) is 73.3 cm³/mol. The molecule has 0 saturated carbocycles. The third kappa shape index (κ3) is 4.23. The summed E-state index contributed by atoms with van der Waals surface area (Å²) in [5, 5.41) is 10.5. The van der Waals surface area contributed by atoms with Crippen LogP contribution < -0.4 is 0 Å². The van der Waals surface area contributed by atoms with Gasteiger partial charge in [-0.1, -0.05) is 13.8 Å². The van der Waals surface area contributed by atoms with E-state index in [2.05, 4.69) is 46.7 Å². The van der Waals surface area contributed by atoms with Gasteiger partial charge in [-0.2, -0.15) is 0 Å². The molecule has 0 heterocycles. The van der Waals surface area contributed by atoms with Gasteiger partial charge in [-0.3, -0.25) is 0 Å². The molecule has 0 spiro atoms. The van der Waals surface area contributed by atoms with Crippen LogP contribution in [0.25, 0.3) is 0 Å². The quantitative estimate of drug-likeness (QED) is 0.713. The second kappa shape index (κ2) is 6.72. The zero-order chi connectivity index (χ0) is 13.7. The van der Waals surface area contributed by atoms with E-state index in [1.165, 1.54) is 0 Å². The first-order valence-electron chi connectivity index (χ1n) is 6.66. The highest BCUT2D eigenvalue weighted by Gasteiger charge is 2.37. The van der Waals surface area contributed by atoms with Gasteiger partial charge in [-0.25, -0.2) is 0 Å². The first kappa shape index (κ1) is 16.9. The van der Waals surface area contributed by atoms with E-state index in [1.807, 2.05) is 0 Å². The van der Waals surface area contributed by atoms with E-state index in [0.717, 1.165) is 25.7 Å². The number of aliphatic hydroxyl groups excluding tert-OH is 1. The van der Waals surface area contributed by atoms with E-state index in [-0.39, 0.29) is 17.2 Å². The minimum atomic E-state index is -0.304. The molecule has 0 fully saturated rings. The molecule has 104 valence electrons. The van der Waals surface area contributed by atoms with Gasteiger partial charge in [0.15, 0.2) is 0 Å². The van der Waals surface area contributed by atoms with Crippen molar-refractivity contribution in [3.8, 4) is 0 Å². The minimum absolute atomic E-state index is 0.107. The molecule has 3 nitrogen and oxygen atoms in total. The van der Waals surface area contributed by atoms with Crippen molar-refractivity contribution < 1.29 is 9.84 Å². The highest BCUT2D eigenvalue weighted by Crippen LogP contribution is 2.30. The van der Waals surface area contributed by atoms with Crippen LogP contribution in [0, 0.1) is 0 Å². The molecule has 0 rings (SSSR count). The summed E-state index contributed by atoms with van der Waals surface area (Å²) in [6.45, 7) is 8.42. The monoisotopic (exact) mass is 245 g/mol. The standard InChI is InChI=1S/C14H31NO2/c1-8-14(9-2,15(5)6)12(16)10-11-13(3,4)17-7/h12,16H,8-11H2,1-7H3. The topological polar surface area (TPSA) is 32.7 Å². The van der Waals surface area contributed by atoms with Crippen molar-refractivity contribution in [2.75, 3.05) is 21.2 Å². The average Bonchev–Trinajstić information content (AvgIpc) is 2.28. The Morgan fingerprint density at radius 1 is 1.18 bits per heavy atom. The van der Waals surface area contributed by atoms with Crippen LogP contribution in [-0.2, 0) is 4.74 Å². The molecule has 0 bridgehead atoms. The smallest absolute Gasteiger partial charge is 0.0724 e. The van der Waals surface area contributed by atoms with Gasteiger partial charge in [-0.05, 0) is 53.6 Å². The van der Waals surface area contributed by atoms with Crippen LogP contribution >= 0.6 is 0 Å². The van der Waals surface area contributed by atoms with Gasteiger partial charge < -0.3 is 14.7 Å². The Balaban J connectivity index is 4.60. The summed E-state index contributed by atoms with van der Waals surface area (Å²) in [5.74, 6) is 0. The van der Waals surface area contributed by atoms with Crippen LogP contribution in [0.4, 0.5) is 0 Å². The highest BCUT2D eigenvalue weighted by molar-refractivity contribution is 4.93.